The summed E-state index contributed by atoms with van der Waals surface area (Å²) in [7, 11) is 0. The molecule has 1 amide bonds. The largest absolute Gasteiger partial charge is 0.505 e. The minimum Gasteiger partial charge on any atom is -0.505 e. The van der Waals surface area contributed by atoms with Crippen molar-refractivity contribution >= 4 is 5.91 Å². The number of aromatic hydroxyl groups is 1. The second kappa shape index (κ2) is 4.73. The Kier molecular flexibility index (Phi) is 3.31. The van der Waals surface area contributed by atoms with Gasteiger partial charge < -0.3 is 10.0 Å². The Bertz CT molecular complexity index is 420. The highest BCUT2D eigenvalue weighted by atomic mass is 16.3. The molecule has 17 heavy (non-hydrogen) atoms. The molecule has 0 spiro atoms. The number of rotatable bonds is 1. The second-order valence-corrected chi connectivity index (χ2v) is 4.85. The zero-order chi connectivity index (χ0) is 12.4. The smallest absolute Gasteiger partial charge is 0.276 e. The Morgan fingerprint density at radius 1 is 1.53 bits per heavy atom. The van der Waals surface area contributed by atoms with Gasteiger partial charge in [-0.05, 0) is 37.8 Å². The van der Waals surface area contributed by atoms with E-state index in [9.17, 15) is 9.90 Å². The summed E-state index contributed by atoms with van der Waals surface area (Å²) >= 11 is 0. The van der Waals surface area contributed by atoms with E-state index in [-0.39, 0.29) is 23.4 Å². The van der Waals surface area contributed by atoms with E-state index in [0.717, 1.165) is 19.4 Å². The van der Waals surface area contributed by atoms with E-state index < -0.39 is 0 Å². The van der Waals surface area contributed by atoms with Crippen LogP contribution in [0.1, 0.15) is 37.2 Å². The van der Waals surface area contributed by atoms with Crippen molar-refractivity contribution in [2.75, 3.05) is 6.54 Å². The van der Waals surface area contributed by atoms with Crippen LogP contribution in [0, 0.1) is 5.92 Å². The molecule has 0 radical (unpaired) electrons. The first-order valence-corrected chi connectivity index (χ1v) is 6.04. The molecular formula is C13H18N2O2. The number of hydrogen-bond donors (Lipinski definition) is 1. The molecule has 2 rings (SSSR count). The summed E-state index contributed by atoms with van der Waals surface area (Å²) in [5.41, 5.74) is 0.161. The zero-order valence-corrected chi connectivity index (χ0v) is 10.3. The Morgan fingerprint density at radius 3 is 2.94 bits per heavy atom. The van der Waals surface area contributed by atoms with Crippen molar-refractivity contribution in [3.8, 4) is 5.75 Å². The van der Waals surface area contributed by atoms with Gasteiger partial charge in [-0.1, -0.05) is 6.92 Å². The maximum absolute atomic E-state index is 12.2. The molecule has 0 aliphatic carbocycles. The fourth-order valence-corrected chi connectivity index (χ4v) is 2.41. The lowest BCUT2D eigenvalue weighted by Crippen LogP contribution is -2.44. The fraction of sp³-hybridized carbons (Fsp3) is 0.538. The average molecular weight is 234 g/mol. The van der Waals surface area contributed by atoms with Gasteiger partial charge in [0.05, 0.1) is 0 Å². The van der Waals surface area contributed by atoms with Crippen LogP contribution < -0.4 is 0 Å². The molecule has 1 fully saturated rings. The van der Waals surface area contributed by atoms with Gasteiger partial charge in [0.25, 0.3) is 5.91 Å². The highest BCUT2D eigenvalue weighted by Crippen LogP contribution is 2.25. The Balaban J connectivity index is 2.18. The third-order valence-electron chi connectivity index (χ3n) is 3.39. The first-order chi connectivity index (χ1) is 8.09. The molecule has 4 heteroatoms. The summed E-state index contributed by atoms with van der Waals surface area (Å²) in [5, 5.41) is 9.64. The lowest BCUT2D eigenvalue weighted by atomic mass is 9.93. The van der Waals surface area contributed by atoms with Gasteiger partial charge in [0.15, 0.2) is 5.69 Å². The van der Waals surface area contributed by atoms with Crippen LogP contribution in [-0.2, 0) is 0 Å². The molecule has 0 bridgehead atoms. The summed E-state index contributed by atoms with van der Waals surface area (Å²) in [6.45, 7) is 5.00. The fourth-order valence-electron chi connectivity index (χ4n) is 2.41. The Hall–Kier alpha value is -1.58. The van der Waals surface area contributed by atoms with Gasteiger partial charge in [-0.25, -0.2) is 4.98 Å². The highest BCUT2D eigenvalue weighted by molar-refractivity contribution is 5.95. The molecule has 2 heterocycles. The van der Waals surface area contributed by atoms with E-state index in [1.807, 2.05) is 11.8 Å². The van der Waals surface area contributed by atoms with Crippen molar-refractivity contribution in [1.29, 1.82) is 0 Å². The van der Waals surface area contributed by atoms with Crippen LogP contribution in [0.4, 0.5) is 0 Å². The van der Waals surface area contributed by atoms with Gasteiger partial charge in [0, 0.05) is 18.8 Å². The van der Waals surface area contributed by atoms with Crippen LogP contribution in [0.3, 0.4) is 0 Å². The molecule has 2 atom stereocenters. The predicted molar refractivity (Wildman–Crippen MR) is 64.8 cm³/mol. The third-order valence-corrected chi connectivity index (χ3v) is 3.39. The third kappa shape index (κ3) is 2.40. The molecule has 4 nitrogen and oxygen atoms in total. The number of likely N-dealkylation sites (tertiary alicyclic amines) is 1. The molecule has 1 aliphatic rings. The van der Waals surface area contributed by atoms with Crippen LogP contribution in [0.25, 0.3) is 0 Å². The Labute approximate surface area is 101 Å². The number of amides is 1. The molecule has 92 valence electrons. The Morgan fingerprint density at radius 2 is 2.29 bits per heavy atom. The molecule has 2 unspecified atom stereocenters. The van der Waals surface area contributed by atoms with E-state index in [4.69, 9.17) is 0 Å². The number of pyridine rings is 1. The van der Waals surface area contributed by atoms with E-state index >= 15 is 0 Å². The van der Waals surface area contributed by atoms with Crippen LogP contribution in [-0.4, -0.2) is 33.5 Å². The summed E-state index contributed by atoms with van der Waals surface area (Å²) in [6.07, 6.45) is 3.56. The number of carbonyl (C=O) groups is 1. The number of piperidine rings is 1. The van der Waals surface area contributed by atoms with Crippen molar-refractivity contribution in [1.82, 2.24) is 9.88 Å². The van der Waals surface area contributed by atoms with Gasteiger partial charge in [-0.15, -0.1) is 0 Å². The minimum absolute atomic E-state index is 0.0386. The number of carbonyl (C=O) groups excluding carboxylic acids is 1. The van der Waals surface area contributed by atoms with Crippen LogP contribution in [0.2, 0.25) is 0 Å². The van der Waals surface area contributed by atoms with Crippen LogP contribution >= 0.6 is 0 Å². The second-order valence-electron chi connectivity index (χ2n) is 4.85. The van der Waals surface area contributed by atoms with Gasteiger partial charge in [-0.3, -0.25) is 4.79 Å². The zero-order valence-electron chi connectivity index (χ0n) is 10.3. The van der Waals surface area contributed by atoms with Crippen molar-refractivity contribution in [2.45, 2.75) is 32.7 Å². The molecule has 1 aliphatic heterocycles. The van der Waals surface area contributed by atoms with Gasteiger partial charge >= 0.3 is 0 Å². The lowest BCUT2D eigenvalue weighted by molar-refractivity contribution is 0.0579. The normalized spacial score (nSPS) is 24.7. The molecule has 1 saturated heterocycles. The SMILES string of the molecule is CC1CCN(C(=O)c2ncccc2O)C(C)C1. The van der Waals surface area contributed by atoms with E-state index in [1.165, 1.54) is 12.3 Å². The number of aromatic nitrogens is 1. The maximum atomic E-state index is 12.2. The molecule has 0 aromatic carbocycles. The van der Waals surface area contributed by atoms with Crippen LogP contribution in [0.5, 0.6) is 5.75 Å². The standard InChI is InChI=1S/C13H18N2O2/c1-9-5-7-15(10(2)8-9)13(17)12-11(16)4-3-6-14-12/h3-4,6,9-10,16H,5,7-8H2,1-2H3. The molecule has 1 N–H and O–H groups in total. The number of hydrogen-bond acceptors (Lipinski definition) is 3. The minimum atomic E-state index is -0.164. The van der Waals surface area contributed by atoms with Gasteiger partial charge in [0.2, 0.25) is 0 Å². The molecule has 0 saturated carbocycles. The summed E-state index contributed by atoms with van der Waals surface area (Å²) in [4.78, 5) is 18.0. The van der Waals surface area contributed by atoms with Crippen molar-refractivity contribution in [2.24, 2.45) is 5.92 Å². The first-order valence-electron chi connectivity index (χ1n) is 6.04. The number of nitrogens with zero attached hydrogens (tertiary/aromatic N) is 2. The average Bonchev–Trinajstić information content (AvgIpc) is 2.29. The van der Waals surface area contributed by atoms with E-state index in [0.29, 0.717) is 5.92 Å². The summed E-state index contributed by atoms with van der Waals surface area (Å²) in [6, 6.07) is 3.33. The lowest BCUT2D eigenvalue weighted by Gasteiger charge is -2.36. The topological polar surface area (TPSA) is 53.4 Å². The van der Waals surface area contributed by atoms with Gasteiger partial charge in [-0.2, -0.15) is 0 Å². The monoisotopic (exact) mass is 234 g/mol. The van der Waals surface area contributed by atoms with Crippen LogP contribution in [0.15, 0.2) is 18.3 Å². The van der Waals surface area contributed by atoms with E-state index in [1.54, 1.807) is 6.07 Å². The maximum Gasteiger partial charge on any atom is 0.276 e. The molecule has 1 aromatic heterocycles. The van der Waals surface area contributed by atoms with Gasteiger partial charge in [0.1, 0.15) is 5.75 Å². The quantitative estimate of drug-likeness (QED) is 0.809. The van der Waals surface area contributed by atoms with Crippen molar-refractivity contribution in [3.05, 3.63) is 24.0 Å². The first kappa shape index (κ1) is 11.9. The molecular weight excluding hydrogens is 216 g/mol. The van der Waals surface area contributed by atoms with Crippen molar-refractivity contribution < 1.29 is 9.90 Å². The molecule has 1 aromatic rings. The highest BCUT2D eigenvalue weighted by Gasteiger charge is 2.29. The predicted octanol–water partition coefficient (Wildman–Crippen LogP) is 2.05. The summed E-state index contributed by atoms with van der Waals surface area (Å²) in [5.74, 6) is 0.456. The van der Waals surface area contributed by atoms with E-state index in [2.05, 4.69) is 11.9 Å². The van der Waals surface area contributed by atoms with Crippen molar-refractivity contribution in [3.63, 3.8) is 0 Å². The summed E-state index contributed by atoms with van der Waals surface area (Å²) < 4.78 is 0.